The van der Waals surface area contributed by atoms with E-state index in [0.29, 0.717) is 17.9 Å². The molecule has 1 aromatic heterocycles. The van der Waals surface area contributed by atoms with Crippen molar-refractivity contribution >= 4 is 23.2 Å². The molecule has 0 radical (unpaired) electrons. The lowest BCUT2D eigenvalue weighted by molar-refractivity contribution is -0.122. The number of carbonyl (C=O) groups is 2. The molecule has 1 rings (SSSR count). The standard InChI is InChI=1S/C12H18N2O2S/c1-8(2)6-10(12(16)13-3)14-11(15)9-4-5-17-7-9/h4-5,7-8,10H,6H2,1-3H3,(H,13,16)(H,14,15)/t10-/m1/s1. The Kier molecular flexibility index (Phi) is 5.15. The molecule has 0 aliphatic carbocycles. The smallest absolute Gasteiger partial charge is 0.252 e. The largest absolute Gasteiger partial charge is 0.357 e. The van der Waals surface area contributed by atoms with Gasteiger partial charge in [0.25, 0.3) is 5.91 Å². The van der Waals surface area contributed by atoms with E-state index in [9.17, 15) is 9.59 Å². The minimum Gasteiger partial charge on any atom is -0.357 e. The van der Waals surface area contributed by atoms with E-state index < -0.39 is 6.04 Å². The summed E-state index contributed by atoms with van der Waals surface area (Å²) in [6, 6.07) is 1.28. The molecular formula is C12H18N2O2S. The Morgan fingerprint density at radius 3 is 2.59 bits per heavy atom. The number of rotatable bonds is 5. The van der Waals surface area contributed by atoms with Crippen LogP contribution >= 0.6 is 11.3 Å². The second kappa shape index (κ2) is 6.39. The molecule has 1 atom stereocenters. The van der Waals surface area contributed by atoms with Crippen molar-refractivity contribution in [2.45, 2.75) is 26.3 Å². The molecule has 0 fully saturated rings. The number of nitrogens with one attached hydrogen (secondary N) is 2. The van der Waals surface area contributed by atoms with Gasteiger partial charge in [-0.2, -0.15) is 11.3 Å². The number of hydrogen-bond acceptors (Lipinski definition) is 3. The minimum atomic E-state index is -0.465. The van der Waals surface area contributed by atoms with Crippen molar-refractivity contribution in [1.29, 1.82) is 0 Å². The maximum absolute atomic E-state index is 11.8. The summed E-state index contributed by atoms with van der Waals surface area (Å²) in [5.74, 6) is 0.00264. The summed E-state index contributed by atoms with van der Waals surface area (Å²) in [4.78, 5) is 23.5. The summed E-state index contributed by atoms with van der Waals surface area (Å²) in [5, 5.41) is 8.94. The van der Waals surface area contributed by atoms with E-state index in [2.05, 4.69) is 10.6 Å². The van der Waals surface area contributed by atoms with Crippen LogP contribution in [0, 0.1) is 5.92 Å². The number of likely N-dealkylation sites (N-methyl/N-ethyl adjacent to an activating group) is 1. The van der Waals surface area contributed by atoms with Crippen LogP contribution in [0.15, 0.2) is 16.8 Å². The van der Waals surface area contributed by atoms with Crippen molar-refractivity contribution in [2.75, 3.05) is 7.05 Å². The number of hydrogen-bond donors (Lipinski definition) is 2. The molecule has 0 unspecified atom stereocenters. The fourth-order valence-corrected chi connectivity index (χ4v) is 2.15. The van der Waals surface area contributed by atoms with Gasteiger partial charge in [-0.15, -0.1) is 0 Å². The highest BCUT2D eigenvalue weighted by Crippen LogP contribution is 2.09. The van der Waals surface area contributed by atoms with Crippen molar-refractivity contribution in [2.24, 2.45) is 5.92 Å². The average molecular weight is 254 g/mol. The Bertz CT molecular complexity index is 374. The van der Waals surface area contributed by atoms with E-state index in [4.69, 9.17) is 0 Å². The molecule has 0 saturated heterocycles. The third-order valence-corrected chi connectivity index (χ3v) is 3.04. The third-order valence-electron chi connectivity index (χ3n) is 2.36. The highest BCUT2D eigenvalue weighted by molar-refractivity contribution is 7.08. The maximum atomic E-state index is 11.8. The predicted octanol–water partition coefficient (Wildman–Crippen LogP) is 1.64. The Labute approximate surface area is 105 Å². The van der Waals surface area contributed by atoms with Gasteiger partial charge in [0.1, 0.15) is 6.04 Å². The molecule has 2 N–H and O–H groups in total. The molecule has 0 aliphatic heterocycles. The topological polar surface area (TPSA) is 58.2 Å². The zero-order valence-corrected chi connectivity index (χ0v) is 11.1. The van der Waals surface area contributed by atoms with E-state index in [0.717, 1.165) is 0 Å². The summed E-state index contributed by atoms with van der Waals surface area (Å²) >= 11 is 1.46. The molecule has 1 aromatic rings. The molecule has 0 aliphatic rings. The molecule has 1 heterocycles. The second-order valence-electron chi connectivity index (χ2n) is 4.28. The van der Waals surface area contributed by atoms with Crippen molar-refractivity contribution in [3.63, 3.8) is 0 Å². The van der Waals surface area contributed by atoms with Gasteiger partial charge in [-0.05, 0) is 23.8 Å². The van der Waals surface area contributed by atoms with Crippen LogP contribution in [0.1, 0.15) is 30.6 Å². The first-order valence-corrected chi connectivity index (χ1v) is 6.53. The fourth-order valence-electron chi connectivity index (χ4n) is 1.51. The van der Waals surface area contributed by atoms with Crippen LogP contribution in [0.4, 0.5) is 0 Å². The minimum absolute atomic E-state index is 0.151. The summed E-state index contributed by atoms with van der Waals surface area (Å²) < 4.78 is 0. The summed E-state index contributed by atoms with van der Waals surface area (Å²) in [6.07, 6.45) is 0.634. The van der Waals surface area contributed by atoms with E-state index in [1.54, 1.807) is 18.5 Å². The molecular weight excluding hydrogens is 236 g/mol. The molecule has 2 amide bonds. The fraction of sp³-hybridized carbons (Fsp3) is 0.500. The molecule has 4 nitrogen and oxygen atoms in total. The Balaban J connectivity index is 2.66. The van der Waals surface area contributed by atoms with E-state index in [1.165, 1.54) is 11.3 Å². The number of thiophene rings is 1. The lowest BCUT2D eigenvalue weighted by Crippen LogP contribution is -2.46. The quantitative estimate of drug-likeness (QED) is 0.839. The normalized spacial score (nSPS) is 12.2. The van der Waals surface area contributed by atoms with Crippen molar-refractivity contribution in [3.8, 4) is 0 Å². The monoisotopic (exact) mass is 254 g/mol. The molecule has 5 heteroatoms. The highest BCUT2D eigenvalue weighted by Gasteiger charge is 2.21. The van der Waals surface area contributed by atoms with Gasteiger partial charge in [-0.25, -0.2) is 0 Å². The lowest BCUT2D eigenvalue weighted by Gasteiger charge is -2.18. The van der Waals surface area contributed by atoms with Crippen molar-refractivity contribution in [1.82, 2.24) is 10.6 Å². The van der Waals surface area contributed by atoms with Gasteiger partial charge < -0.3 is 10.6 Å². The summed E-state index contributed by atoms with van der Waals surface area (Å²) in [7, 11) is 1.58. The van der Waals surface area contributed by atoms with Crippen LogP contribution in [0.25, 0.3) is 0 Å². The van der Waals surface area contributed by atoms with Crippen LogP contribution < -0.4 is 10.6 Å². The summed E-state index contributed by atoms with van der Waals surface area (Å²) in [5.41, 5.74) is 0.604. The number of carbonyl (C=O) groups excluding carboxylic acids is 2. The van der Waals surface area contributed by atoms with Crippen LogP contribution in [0.3, 0.4) is 0 Å². The zero-order chi connectivity index (χ0) is 12.8. The highest BCUT2D eigenvalue weighted by atomic mass is 32.1. The van der Waals surface area contributed by atoms with Crippen LogP contribution in [0.2, 0.25) is 0 Å². The van der Waals surface area contributed by atoms with Gasteiger partial charge in [0.2, 0.25) is 5.91 Å². The number of amides is 2. The van der Waals surface area contributed by atoms with Crippen LogP contribution in [0.5, 0.6) is 0 Å². The molecule has 94 valence electrons. The Morgan fingerprint density at radius 2 is 2.12 bits per heavy atom. The first-order valence-electron chi connectivity index (χ1n) is 5.59. The van der Waals surface area contributed by atoms with Crippen molar-refractivity contribution in [3.05, 3.63) is 22.4 Å². The van der Waals surface area contributed by atoms with Gasteiger partial charge in [0.15, 0.2) is 0 Å². The SMILES string of the molecule is CNC(=O)[C@@H](CC(C)C)NC(=O)c1ccsc1. The Hall–Kier alpha value is -1.36. The first-order chi connectivity index (χ1) is 8.04. The van der Waals surface area contributed by atoms with E-state index >= 15 is 0 Å². The zero-order valence-electron chi connectivity index (χ0n) is 10.3. The Morgan fingerprint density at radius 1 is 1.41 bits per heavy atom. The maximum Gasteiger partial charge on any atom is 0.252 e. The molecule has 17 heavy (non-hydrogen) atoms. The van der Waals surface area contributed by atoms with E-state index in [1.807, 2.05) is 19.2 Å². The van der Waals surface area contributed by atoms with Crippen molar-refractivity contribution < 1.29 is 9.59 Å². The van der Waals surface area contributed by atoms with Crippen LogP contribution in [-0.4, -0.2) is 24.9 Å². The molecule has 0 spiro atoms. The first kappa shape index (κ1) is 13.7. The lowest BCUT2D eigenvalue weighted by atomic mass is 10.0. The second-order valence-corrected chi connectivity index (χ2v) is 5.06. The van der Waals surface area contributed by atoms with Gasteiger partial charge >= 0.3 is 0 Å². The molecule has 0 saturated carbocycles. The van der Waals surface area contributed by atoms with E-state index in [-0.39, 0.29) is 11.8 Å². The van der Waals surface area contributed by atoms with Gasteiger partial charge in [-0.3, -0.25) is 9.59 Å². The van der Waals surface area contributed by atoms with Gasteiger partial charge in [0.05, 0.1) is 5.56 Å². The predicted molar refractivity (Wildman–Crippen MR) is 69.1 cm³/mol. The molecule has 0 aromatic carbocycles. The van der Waals surface area contributed by atoms with Crippen LogP contribution in [-0.2, 0) is 4.79 Å². The summed E-state index contributed by atoms with van der Waals surface area (Å²) in [6.45, 7) is 4.04. The third kappa shape index (κ3) is 4.19. The molecule has 0 bridgehead atoms. The van der Waals surface area contributed by atoms with Gasteiger partial charge in [-0.1, -0.05) is 13.8 Å². The average Bonchev–Trinajstić information content (AvgIpc) is 2.79. The van der Waals surface area contributed by atoms with Gasteiger partial charge in [0, 0.05) is 12.4 Å².